The number of hydrogen-bond acceptors (Lipinski definition) is 3. The van der Waals surface area contributed by atoms with Gasteiger partial charge in [-0.15, -0.1) is 0 Å². The zero-order chi connectivity index (χ0) is 25.5. The third-order valence-corrected chi connectivity index (χ3v) is 5.59. The van der Waals surface area contributed by atoms with E-state index in [0.29, 0.717) is 30.2 Å². The lowest BCUT2D eigenvalue weighted by Gasteiger charge is -2.22. The molecular weight excluding hydrogens is 462 g/mol. The normalized spacial score (nSPS) is 10.8. The lowest BCUT2D eigenvalue weighted by molar-refractivity contribution is -0.117. The van der Waals surface area contributed by atoms with Crippen LogP contribution in [-0.2, 0) is 4.79 Å². The van der Waals surface area contributed by atoms with E-state index in [-0.39, 0.29) is 17.9 Å². The van der Waals surface area contributed by atoms with Crippen LogP contribution in [-0.4, -0.2) is 39.6 Å². The Hall–Kier alpha value is -4.33. The lowest BCUT2D eigenvalue weighted by Crippen LogP contribution is -2.39. The third kappa shape index (κ3) is 6.02. The van der Waals surface area contributed by atoms with Crippen molar-refractivity contribution in [2.24, 2.45) is 0 Å². The number of nitrogens with one attached hydrogen (secondary N) is 1. The molecule has 184 valence electrons. The molecule has 1 aromatic heterocycles. The van der Waals surface area contributed by atoms with Gasteiger partial charge in [-0.1, -0.05) is 49.7 Å². The van der Waals surface area contributed by atoms with E-state index < -0.39 is 17.6 Å². The number of carbonyl (C=O) groups excluding carboxylic acids is 2. The first-order valence-corrected chi connectivity index (χ1v) is 11.7. The first kappa shape index (κ1) is 24.8. The average Bonchev–Trinajstić information content (AvgIpc) is 3.30. The van der Waals surface area contributed by atoms with Crippen molar-refractivity contribution in [3.63, 3.8) is 0 Å². The van der Waals surface area contributed by atoms with Gasteiger partial charge in [-0.2, -0.15) is 5.10 Å². The van der Waals surface area contributed by atoms with Gasteiger partial charge in [0, 0.05) is 23.7 Å². The average molecular weight is 489 g/mol. The van der Waals surface area contributed by atoms with Crippen LogP contribution in [0.3, 0.4) is 0 Å². The van der Waals surface area contributed by atoms with Crippen LogP contribution < -0.4 is 5.32 Å². The van der Waals surface area contributed by atoms with Gasteiger partial charge in [-0.25, -0.2) is 13.5 Å². The van der Waals surface area contributed by atoms with Crippen molar-refractivity contribution in [1.29, 1.82) is 0 Å². The van der Waals surface area contributed by atoms with Crippen molar-refractivity contribution >= 4 is 17.6 Å². The van der Waals surface area contributed by atoms with Crippen LogP contribution >= 0.6 is 0 Å². The molecule has 0 radical (unpaired) electrons. The van der Waals surface area contributed by atoms with E-state index in [1.54, 1.807) is 18.2 Å². The molecule has 0 bridgehead atoms. The number of benzene rings is 3. The molecule has 8 heteroatoms. The summed E-state index contributed by atoms with van der Waals surface area (Å²) in [6.45, 7) is 2.12. The van der Waals surface area contributed by atoms with Crippen LogP contribution in [0, 0.1) is 11.6 Å². The molecule has 0 saturated carbocycles. The van der Waals surface area contributed by atoms with E-state index >= 15 is 0 Å². The number of unbranched alkanes of at least 4 members (excludes halogenated alkanes) is 1. The maximum Gasteiger partial charge on any atom is 0.254 e. The van der Waals surface area contributed by atoms with Crippen molar-refractivity contribution < 1.29 is 18.4 Å². The first-order chi connectivity index (χ1) is 17.4. The molecule has 0 saturated heterocycles. The fraction of sp³-hybridized carbons (Fsp3) is 0.179. The highest BCUT2D eigenvalue weighted by Crippen LogP contribution is 2.25. The quantitative estimate of drug-likeness (QED) is 0.329. The first-order valence-electron chi connectivity index (χ1n) is 11.7. The molecule has 0 aliphatic carbocycles. The van der Waals surface area contributed by atoms with Gasteiger partial charge in [-0.3, -0.25) is 9.59 Å². The number of amides is 2. The highest BCUT2D eigenvalue weighted by molar-refractivity contribution is 5.99. The largest absolute Gasteiger partial charge is 0.329 e. The minimum atomic E-state index is -0.516. The Bertz CT molecular complexity index is 1340. The number of carbonyl (C=O) groups is 2. The van der Waals surface area contributed by atoms with Gasteiger partial charge in [0.25, 0.3) is 5.91 Å². The summed E-state index contributed by atoms with van der Waals surface area (Å²) in [7, 11) is 0. The number of aromatic nitrogens is 2. The Balaban J connectivity index is 1.60. The number of hydrogen-bond donors (Lipinski definition) is 1. The second-order valence-corrected chi connectivity index (χ2v) is 8.31. The van der Waals surface area contributed by atoms with E-state index in [0.717, 1.165) is 18.1 Å². The molecule has 1 heterocycles. The number of anilines is 1. The lowest BCUT2D eigenvalue weighted by atomic mass is 10.1. The molecule has 0 unspecified atom stereocenters. The van der Waals surface area contributed by atoms with Crippen LogP contribution in [0.2, 0.25) is 0 Å². The van der Waals surface area contributed by atoms with Gasteiger partial charge in [0.15, 0.2) is 0 Å². The van der Waals surface area contributed by atoms with Crippen LogP contribution in [0.1, 0.15) is 30.1 Å². The second-order valence-electron chi connectivity index (χ2n) is 8.31. The predicted octanol–water partition coefficient (Wildman–Crippen LogP) is 5.70. The Kier molecular flexibility index (Phi) is 7.85. The molecule has 4 rings (SSSR count). The van der Waals surface area contributed by atoms with E-state index in [9.17, 15) is 18.4 Å². The van der Waals surface area contributed by atoms with Crippen LogP contribution in [0.25, 0.3) is 16.9 Å². The van der Waals surface area contributed by atoms with Crippen molar-refractivity contribution in [1.82, 2.24) is 14.7 Å². The molecule has 2 amide bonds. The van der Waals surface area contributed by atoms with E-state index in [1.807, 2.05) is 37.3 Å². The fourth-order valence-corrected chi connectivity index (χ4v) is 3.76. The number of nitrogens with zero attached hydrogens (tertiary/aromatic N) is 3. The van der Waals surface area contributed by atoms with Crippen molar-refractivity contribution in [2.45, 2.75) is 19.8 Å². The zero-order valence-corrected chi connectivity index (χ0v) is 19.8. The van der Waals surface area contributed by atoms with Crippen LogP contribution in [0.4, 0.5) is 14.6 Å². The molecule has 4 aromatic rings. The molecule has 0 atom stereocenters. The molecule has 6 nitrogen and oxygen atoms in total. The molecular formula is C28H26F2N4O2. The van der Waals surface area contributed by atoms with Crippen molar-refractivity contribution in [3.8, 4) is 16.9 Å². The highest BCUT2D eigenvalue weighted by Gasteiger charge is 2.21. The smallest absolute Gasteiger partial charge is 0.254 e. The summed E-state index contributed by atoms with van der Waals surface area (Å²) < 4.78 is 28.7. The molecule has 3 aromatic carbocycles. The molecule has 36 heavy (non-hydrogen) atoms. The summed E-state index contributed by atoms with van der Waals surface area (Å²) in [5.74, 6) is -1.38. The summed E-state index contributed by atoms with van der Waals surface area (Å²) >= 11 is 0. The van der Waals surface area contributed by atoms with Crippen LogP contribution in [0.5, 0.6) is 0 Å². The van der Waals surface area contributed by atoms with Gasteiger partial charge in [0.2, 0.25) is 5.91 Å². The summed E-state index contributed by atoms with van der Waals surface area (Å²) in [5, 5.41) is 7.45. The monoisotopic (exact) mass is 488 g/mol. The summed E-state index contributed by atoms with van der Waals surface area (Å²) in [6.07, 6.45) is 1.52. The maximum absolute atomic E-state index is 13.7. The summed E-state index contributed by atoms with van der Waals surface area (Å²) in [6, 6.07) is 22.3. The molecule has 0 fully saturated rings. The Morgan fingerprint density at radius 3 is 2.36 bits per heavy atom. The van der Waals surface area contributed by atoms with E-state index in [4.69, 9.17) is 0 Å². The Morgan fingerprint density at radius 1 is 0.917 bits per heavy atom. The standard InChI is InChI=1S/C28H26F2N4O2/c1-2-3-16-33(28(36)21-10-7-11-23(30)17-21)19-27(35)31-26-18-25(20-8-5-4-6-9-20)32-34(26)24-14-12-22(29)13-15-24/h4-15,17-18H,2-3,16,19H2,1H3,(H,31,35). The van der Waals surface area contributed by atoms with E-state index in [1.165, 1.54) is 39.9 Å². The van der Waals surface area contributed by atoms with Crippen molar-refractivity contribution in [3.05, 3.63) is 102 Å². The minimum absolute atomic E-state index is 0.182. The van der Waals surface area contributed by atoms with Crippen LogP contribution in [0.15, 0.2) is 84.9 Å². The zero-order valence-electron chi connectivity index (χ0n) is 19.8. The maximum atomic E-state index is 13.7. The number of rotatable bonds is 9. The highest BCUT2D eigenvalue weighted by atomic mass is 19.1. The topological polar surface area (TPSA) is 67.2 Å². The second kappa shape index (κ2) is 11.4. The van der Waals surface area contributed by atoms with Gasteiger partial charge in [0.1, 0.15) is 24.0 Å². The Morgan fingerprint density at radius 2 is 1.67 bits per heavy atom. The molecule has 1 N–H and O–H groups in total. The SMILES string of the molecule is CCCCN(CC(=O)Nc1cc(-c2ccccc2)nn1-c1ccc(F)cc1)C(=O)c1cccc(F)c1. The van der Waals surface area contributed by atoms with Gasteiger partial charge in [0.05, 0.1) is 11.4 Å². The summed E-state index contributed by atoms with van der Waals surface area (Å²) in [4.78, 5) is 27.5. The summed E-state index contributed by atoms with van der Waals surface area (Å²) in [5.41, 5.74) is 2.21. The van der Waals surface area contributed by atoms with Crippen molar-refractivity contribution in [2.75, 3.05) is 18.4 Å². The third-order valence-electron chi connectivity index (χ3n) is 5.59. The van der Waals surface area contributed by atoms with Gasteiger partial charge >= 0.3 is 0 Å². The minimum Gasteiger partial charge on any atom is -0.329 e. The Labute approximate surface area is 208 Å². The van der Waals surface area contributed by atoms with Gasteiger partial charge < -0.3 is 10.2 Å². The molecule has 0 aliphatic heterocycles. The van der Waals surface area contributed by atoms with Gasteiger partial charge in [-0.05, 0) is 48.9 Å². The van der Waals surface area contributed by atoms with E-state index in [2.05, 4.69) is 10.4 Å². The number of halogens is 2. The predicted molar refractivity (Wildman–Crippen MR) is 135 cm³/mol. The fourth-order valence-electron chi connectivity index (χ4n) is 3.76. The molecule has 0 aliphatic rings. The molecule has 0 spiro atoms.